The van der Waals surface area contributed by atoms with Crippen molar-refractivity contribution < 1.29 is 18.5 Å². The largest absolute Gasteiger partial charge is 0.453 e. The third-order valence-corrected chi connectivity index (χ3v) is 4.23. The van der Waals surface area contributed by atoms with E-state index >= 15 is 0 Å². The molecule has 0 saturated carbocycles. The summed E-state index contributed by atoms with van der Waals surface area (Å²) in [7, 11) is 0. The zero-order valence-electron chi connectivity index (χ0n) is 13.7. The van der Waals surface area contributed by atoms with Crippen molar-refractivity contribution in [2.75, 3.05) is 39.4 Å². The van der Waals surface area contributed by atoms with Gasteiger partial charge in [0.25, 0.3) is 5.91 Å². The van der Waals surface area contributed by atoms with E-state index in [0.717, 1.165) is 43.8 Å². The van der Waals surface area contributed by atoms with Crippen LogP contribution in [0.5, 0.6) is 0 Å². The summed E-state index contributed by atoms with van der Waals surface area (Å²) in [5.41, 5.74) is 1.02. The molecule has 1 aliphatic heterocycles. The predicted octanol–water partition coefficient (Wildman–Crippen LogP) is 2.15. The van der Waals surface area contributed by atoms with E-state index < -0.39 is 0 Å². The number of aromatic nitrogens is 1. The van der Waals surface area contributed by atoms with Gasteiger partial charge in [0, 0.05) is 37.6 Å². The summed E-state index contributed by atoms with van der Waals surface area (Å²) in [6.45, 7) is 4.65. The zero-order valence-corrected chi connectivity index (χ0v) is 13.7. The van der Waals surface area contributed by atoms with Gasteiger partial charge in [0.05, 0.1) is 13.2 Å². The number of carbonyl (C=O) groups excluding carboxylic acids is 1. The SMILES string of the molecule is O=C(NCCN1CCOCC1)c1cc(-c2cc3ccccc3o2)on1. The van der Waals surface area contributed by atoms with Crippen LogP contribution in [0.25, 0.3) is 22.5 Å². The minimum absolute atomic E-state index is 0.248. The van der Waals surface area contributed by atoms with E-state index in [1.807, 2.05) is 30.3 Å². The number of rotatable bonds is 5. The maximum atomic E-state index is 12.2. The fourth-order valence-electron chi connectivity index (χ4n) is 2.84. The summed E-state index contributed by atoms with van der Waals surface area (Å²) in [4.78, 5) is 14.5. The Morgan fingerprint density at radius 2 is 2.00 bits per heavy atom. The summed E-state index contributed by atoms with van der Waals surface area (Å²) in [6, 6.07) is 11.2. The number of furan rings is 1. The molecule has 25 heavy (non-hydrogen) atoms. The first-order chi connectivity index (χ1) is 12.3. The molecule has 4 rings (SSSR count). The maximum Gasteiger partial charge on any atom is 0.273 e. The number of ether oxygens (including phenoxy) is 1. The van der Waals surface area contributed by atoms with Crippen LogP contribution in [-0.2, 0) is 4.74 Å². The molecule has 3 heterocycles. The topological polar surface area (TPSA) is 80.7 Å². The predicted molar refractivity (Wildman–Crippen MR) is 91.3 cm³/mol. The lowest BCUT2D eigenvalue weighted by Gasteiger charge is -2.26. The standard InChI is InChI=1S/C18H19N3O4/c22-18(19-5-6-21-7-9-23-10-8-21)14-12-17(25-20-14)16-11-13-3-1-2-4-15(13)24-16/h1-4,11-12H,5-10H2,(H,19,22). The third kappa shape index (κ3) is 3.57. The second kappa shape index (κ2) is 7.08. The van der Waals surface area contributed by atoms with Crippen molar-refractivity contribution in [3.8, 4) is 11.5 Å². The van der Waals surface area contributed by atoms with Gasteiger partial charge < -0.3 is 19.0 Å². The van der Waals surface area contributed by atoms with Crippen LogP contribution in [0.15, 0.2) is 45.3 Å². The third-order valence-electron chi connectivity index (χ3n) is 4.23. The van der Waals surface area contributed by atoms with Crippen LogP contribution in [0, 0.1) is 0 Å². The number of benzene rings is 1. The van der Waals surface area contributed by atoms with E-state index in [1.54, 1.807) is 6.07 Å². The number of morpholine rings is 1. The normalized spacial score (nSPS) is 15.5. The van der Waals surface area contributed by atoms with Crippen molar-refractivity contribution in [1.82, 2.24) is 15.4 Å². The molecule has 0 radical (unpaired) electrons. The molecule has 3 aromatic rings. The molecule has 1 amide bonds. The quantitative estimate of drug-likeness (QED) is 0.766. The van der Waals surface area contributed by atoms with Crippen LogP contribution < -0.4 is 5.32 Å². The summed E-state index contributed by atoms with van der Waals surface area (Å²) in [5.74, 6) is 0.745. The van der Waals surface area contributed by atoms with Crippen molar-refractivity contribution in [3.63, 3.8) is 0 Å². The van der Waals surface area contributed by atoms with E-state index in [4.69, 9.17) is 13.7 Å². The Kier molecular flexibility index (Phi) is 4.49. The van der Waals surface area contributed by atoms with E-state index in [0.29, 0.717) is 18.1 Å². The fraction of sp³-hybridized carbons (Fsp3) is 0.333. The lowest BCUT2D eigenvalue weighted by molar-refractivity contribution is 0.0383. The van der Waals surface area contributed by atoms with Crippen LogP contribution in [-0.4, -0.2) is 55.4 Å². The summed E-state index contributed by atoms with van der Waals surface area (Å²) >= 11 is 0. The van der Waals surface area contributed by atoms with E-state index in [-0.39, 0.29) is 11.6 Å². The molecule has 7 nitrogen and oxygen atoms in total. The van der Waals surface area contributed by atoms with Gasteiger partial charge in [0.15, 0.2) is 11.5 Å². The van der Waals surface area contributed by atoms with E-state index in [1.165, 1.54) is 0 Å². The molecular formula is C18H19N3O4. The van der Waals surface area contributed by atoms with Crippen molar-refractivity contribution in [2.24, 2.45) is 0 Å². The Morgan fingerprint density at radius 3 is 2.84 bits per heavy atom. The van der Waals surface area contributed by atoms with Crippen molar-refractivity contribution in [3.05, 3.63) is 42.1 Å². The number of nitrogens with zero attached hydrogens (tertiary/aromatic N) is 2. The highest BCUT2D eigenvalue weighted by Gasteiger charge is 2.17. The summed E-state index contributed by atoms with van der Waals surface area (Å²) < 4.78 is 16.3. The van der Waals surface area contributed by atoms with E-state index in [2.05, 4.69) is 15.4 Å². The van der Waals surface area contributed by atoms with Gasteiger partial charge in [-0.15, -0.1) is 0 Å². The lowest BCUT2D eigenvalue weighted by atomic mass is 10.2. The Morgan fingerprint density at radius 1 is 1.16 bits per heavy atom. The molecule has 0 unspecified atom stereocenters. The Bertz CT molecular complexity index is 831. The number of para-hydroxylation sites is 1. The Balaban J connectivity index is 1.37. The maximum absolute atomic E-state index is 12.2. The summed E-state index contributed by atoms with van der Waals surface area (Å²) in [6.07, 6.45) is 0. The molecule has 0 spiro atoms. The van der Waals surface area contributed by atoms with Crippen LogP contribution >= 0.6 is 0 Å². The first kappa shape index (κ1) is 15.9. The minimum Gasteiger partial charge on any atom is -0.453 e. The number of fused-ring (bicyclic) bond motifs is 1. The molecule has 1 N–H and O–H groups in total. The number of hydrogen-bond donors (Lipinski definition) is 1. The fourth-order valence-corrected chi connectivity index (χ4v) is 2.84. The molecule has 130 valence electrons. The van der Waals surface area contributed by atoms with Crippen LogP contribution in [0.1, 0.15) is 10.5 Å². The number of carbonyl (C=O) groups is 1. The van der Waals surface area contributed by atoms with Gasteiger partial charge >= 0.3 is 0 Å². The smallest absolute Gasteiger partial charge is 0.273 e. The average molecular weight is 341 g/mol. The minimum atomic E-state index is -0.251. The molecule has 1 aliphatic rings. The zero-order chi connectivity index (χ0) is 17.1. The van der Waals surface area contributed by atoms with E-state index in [9.17, 15) is 4.79 Å². The number of nitrogens with one attached hydrogen (secondary N) is 1. The molecule has 0 atom stereocenters. The average Bonchev–Trinajstić information content (AvgIpc) is 3.29. The molecule has 7 heteroatoms. The Labute approximate surface area is 144 Å². The molecule has 1 aromatic carbocycles. The first-order valence-electron chi connectivity index (χ1n) is 8.33. The molecule has 1 saturated heterocycles. The second-order valence-corrected chi connectivity index (χ2v) is 5.93. The lowest BCUT2D eigenvalue weighted by Crippen LogP contribution is -2.41. The van der Waals surface area contributed by atoms with Crippen LogP contribution in [0.3, 0.4) is 0 Å². The first-order valence-corrected chi connectivity index (χ1v) is 8.33. The molecular weight excluding hydrogens is 322 g/mol. The monoisotopic (exact) mass is 341 g/mol. The van der Waals surface area contributed by atoms with Crippen molar-refractivity contribution in [1.29, 1.82) is 0 Å². The molecule has 0 bridgehead atoms. The highest BCUT2D eigenvalue weighted by Crippen LogP contribution is 2.28. The second-order valence-electron chi connectivity index (χ2n) is 5.93. The highest BCUT2D eigenvalue weighted by molar-refractivity contribution is 5.93. The van der Waals surface area contributed by atoms with Gasteiger partial charge in [-0.1, -0.05) is 23.4 Å². The van der Waals surface area contributed by atoms with Gasteiger partial charge in [-0.25, -0.2) is 0 Å². The van der Waals surface area contributed by atoms with Crippen molar-refractivity contribution >= 4 is 16.9 Å². The molecule has 2 aromatic heterocycles. The summed E-state index contributed by atoms with van der Waals surface area (Å²) in [5, 5.41) is 7.69. The van der Waals surface area contributed by atoms with Gasteiger partial charge in [0.1, 0.15) is 5.58 Å². The van der Waals surface area contributed by atoms with Crippen LogP contribution in [0.2, 0.25) is 0 Å². The van der Waals surface area contributed by atoms with Crippen LogP contribution in [0.4, 0.5) is 0 Å². The number of hydrogen-bond acceptors (Lipinski definition) is 6. The molecule has 1 fully saturated rings. The highest BCUT2D eigenvalue weighted by atomic mass is 16.5. The van der Waals surface area contributed by atoms with Gasteiger partial charge in [0.2, 0.25) is 5.76 Å². The Hall–Kier alpha value is -2.64. The van der Waals surface area contributed by atoms with Crippen molar-refractivity contribution in [2.45, 2.75) is 0 Å². The van der Waals surface area contributed by atoms with Gasteiger partial charge in [-0.3, -0.25) is 9.69 Å². The number of amides is 1. The van der Waals surface area contributed by atoms with Gasteiger partial charge in [-0.05, 0) is 12.1 Å². The molecule has 0 aliphatic carbocycles. The van der Waals surface area contributed by atoms with Gasteiger partial charge in [-0.2, -0.15) is 0 Å².